The maximum Gasteiger partial charge on any atom is 0.322 e. The zero-order chi connectivity index (χ0) is 18.8. The van der Waals surface area contributed by atoms with Gasteiger partial charge in [0.25, 0.3) is 0 Å². The highest BCUT2D eigenvalue weighted by atomic mass is 16.4. The Bertz CT molecular complexity index is 830. The molecule has 0 saturated carbocycles. The van der Waals surface area contributed by atoms with E-state index in [9.17, 15) is 14.7 Å². The van der Waals surface area contributed by atoms with Crippen LogP contribution >= 0.6 is 0 Å². The summed E-state index contributed by atoms with van der Waals surface area (Å²) in [6, 6.07) is 6.89. The molecule has 2 N–H and O–H groups in total. The van der Waals surface area contributed by atoms with Gasteiger partial charge >= 0.3 is 5.97 Å². The number of carbonyl (C=O) groups is 2. The second kappa shape index (κ2) is 7.25. The molecule has 0 aliphatic carbocycles. The lowest BCUT2D eigenvalue weighted by molar-refractivity contribution is -0.145. The molecule has 26 heavy (non-hydrogen) atoms. The van der Waals surface area contributed by atoms with E-state index in [0.717, 1.165) is 5.56 Å². The van der Waals surface area contributed by atoms with Crippen LogP contribution in [0.4, 0.5) is 5.69 Å². The summed E-state index contributed by atoms with van der Waals surface area (Å²) in [5, 5.41) is 20.5. The standard InChI is InChI=1S/C18H23N5O3/c1-11(2)13-5-4-6-14(7-13)19-17(24)10-22-9-16-21-20-12(3)23(16)8-15(22)18(25)26/h4-7,11,15H,8-10H2,1-3H3,(H,19,24)(H,25,26). The molecule has 0 spiro atoms. The van der Waals surface area contributed by atoms with Crippen LogP contribution in [0.5, 0.6) is 0 Å². The van der Waals surface area contributed by atoms with Gasteiger partial charge in [0.05, 0.1) is 19.6 Å². The van der Waals surface area contributed by atoms with Crippen molar-refractivity contribution in [2.75, 3.05) is 11.9 Å². The van der Waals surface area contributed by atoms with Crippen LogP contribution in [0.3, 0.4) is 0 Å². The van der Waals surface area contributed by atoms with Crippen LogP contribution in [0.25, 0.3) is 0 Å². The minimum Gasteiger partial charge on any atom is -0.480 e. The van der Waals surface area contributed by atoms with Crippen molar-refractivity contribution in [2.24, 2.45) is 0 Å². The number of amides is 1. The van der Waals surface area contributed by atoms with Gasteiger partial charge < -0.3 is 15.0 Å². The van der Waals surface area contributed by atoms with Crippen molar-refractivity contribution in [2.45, 2.75) is 45.8 Å². The Hall–Kier alpha value is -2.74. The molecular weight excluding hydrogens is 334 g/mol. The number of aliphatic carboxylic acids is 1. The number of nitrogens with zero attached hydrogens (tertiary/aromatic N) is 4. The molecule has 1 aliphatic heterocycles. The lowest BCUT2D eigenvalue weighted by Gasteiger charge is -2.32. The Labute approximate surface area is 151 Å². The van der Waals surface area contributed by atoms with E-state index in [1.165, 1.54) is 0 Å². The van der Waals surface area contributed by atoms with Gasteiger partial charge in [-0.25, -0.2) is 0 Å². The summed E-state index contributed by atoms with van der Waals surface area (Å²) in [7, 11) is 0. The van der Waals surface area contributed by atoms with E-state index in [1.54, 1.807) is 16.4 Å². The van der Waals surface area contributed by atoms with Crippen molar-refractivity contribution in [1.82, 2.24) is 19.7 Å². The number of rotatable bonds is 5. The Morgan fingerprint density at radius 1 is 1.35 bits per heavy atom. The number of fused-ring (bicyclic) bond motifs is 1. The number of carboxylic acids is 1. The third-order valence-electron chi connectivity index (χ3n) is 4.62. The van der Waals surface area contributed by atoms with Crippen molar-refractivity contribution in [1.29, 1.82) is 0 Å². The first kappa shape index (κ1) is 18.1. The first-order chi connectivity index (χ1) is 12.3. The number of hydrogen-bond acceptors (Lipinski definition) is 5. The molecule has 8 nitrogen and oxygen atoms in total. The smallest absolute Gasteiger partial charge is 0.322 e. The molecule has 3 rings (SSSR count). The Kier molecular flexibility index (Phi) is 5.03. The van der Waals surface area contributed by atoms with Crippen molar-refractivity contribution < 1.29 is 14.7 Å². The molecule has 2 aromatic rings. The quantitative estimate of drug-likeness (QED) is 0.843. The third kappa shape index (κ3) is 3.75. The number of carbonyl (C=O) groups excluding carboxylic acids is 1. The molecule has 1 aromatic carbocycles. The molecule has 0 fully saturated rings. The molecular formula is C18H23N5O3. The molecule has 1 atom stereocenters. The van der Waals surface area contributed by atoms with E-state index in [1.807, 2.05) is 24.3 Å². The molecule has 1 aliphatic rings. The lowest BCUT2D eigenvalue weighted by atomic mass is 10.0. The minimum atomic E-state index is -0.960. The van der Waals surface area contributed by atoms with Crippen LogP contribution in [0.15, 0.2) is 24.3 Å². The second-order valence-corrected chi connectivity index (χ2v) is 6.86. The molecule has 0 bridgehead atoms. The van der Waals surface area contributed by atoms with Crippen molar-refractivity contribution in [3.8, 4) is 0 Å². The van der Waals surface area contributed by atoms with E-state index < -0.39 is 12.0 Å². The van der Waals surface area contributed by atoms with Gasteiger partial charge in [0.15, 0.2) is 0 Å². The van der Waals surface area contributed by atoms with Crippen molar-refractivity contribution in [3.05, 3.63) is 41.5 Å². The number of anilines is 1. The predicted octanol–water partition coefficient (Wildman–Crippen LogP) is 1.62. The predicted molar refractivity (Wildman–Crippen MR) is 95.8 cm³/mol. The highest BCUT2D eigenvalue weighted by Crippen LogP contribution is 2.20. The molecule has 1 amide bonds. The highest BCUT2D eigenvalue weighted by Gasteiger charge is 2.34. The molecule has 138 valence electrons. The summed E-state index contributed by atoms with van der Waals surface area (Å²) in [4.78, 5) is 25.7. The van der Waals surface area contributed by atoms with Crippen molar-refractivity contribution >= 4 is 17.6 Å². The normalized spacial score (nSPS) is 17.2. The van der Waals surface area contributed by atoms with Crippen LogP contribution in [0.1, 0.15) is 37.0 Å². The number of nitrogens with one attached hydrogen (secondary N) is 1. The van der Waals surface area contributed by atoms with Crippen LogP contribution < -0.4 is 5.32 Å². The van der Waals surface area contributed by atoms with Gasteiger partial charge in [-0.05, 0) is 30.5 Å². The molecule has 0 saturated heterocycles. The van der Waals surface area contributed by atoms with Gasteiger partial charge in [-0.2, -0.15) is 0 Å². The summed E-state index contributed by atoms with van der Waals surface area (Å²) in [5.41, 5.74) is 1.84. The summed E-state index contributed by atoms with van der Waals surface area (Å²) < 4.78 is 1.79. The average molecular weight is 357 g/mol. The van der Waals surface area contributed by atoms with E-state index in [-0.39, 0.29) is 25.5 Å². The van der Waals surface area contributed by atoms with Gasteiger partial charge in [-0.1, -0.05) is 26.0 Å². The Morgan fingerprint density at radius 2 is 2.12 bits per heavy atom. The van der Waals surface area contributed by atoms with E-state index >= 15 is 0 Å². The fourth-order valence-electron chi connectivity index (χ4n) is 3.12. The van der Waals surface area contributed by atoms with Gasteiger partial charge in [0.2, 0.25) is 5.91 Å². The molecule has 8 heteroatoms. The first-order valence-corrected chi connectivity index (χ1v) is 8.60. The summed E-state index contributed by atoms with van der Waals surface area (Å²) >= 11 is 0. The highest BCUT2D eigenvalue weighted by molar-refractivity contribution is 5.92. The zero-order valence-corrected chi connectivity index (χ0v) is 15.1. The number of carboxylic acid groups (broad SMARTS) is 1. The monoisotopic (exact) mass is 357 g/mol. The first-order valence-electron chi connectivity index (χ1n) is 8.60. The zero-order valence-electron chi connectivity index (χ0n) is 15.1. The minimum absolute atomic E-state index is 0.0191. The van der Waals surface area contributed by atoms with Gasteiger partial charge in [0, 0.05) is 5.69 Å². The summed E-state index contributed by atoms with van der Waals surface area (Å²) in [6.45, 7) is 6.46. The van der Waals surface area contributed by atoms with Crippen molar-refractivity contribution in [3.63, 3.8) is 0 Å². The van der Waals surface area contributed by atoms with Crippen LogP contribution in [0.2, 0.25) is 0 Å². The fraction of sp³-hybridized carbons (Fsp3) is 0.444. The average Bonchev–Trinajstić information content (AvgIpc) is 2.94. The number of aryl methyl sites for hydroxylation is 1. The largest absolute Gasteiger partial charge is 0.480 e. The number of hydrogen-bond donors (Lipinski definition) is 2. The SMILES string of the molecule is Cc1nnc2n1CC(C(=O)O)N(CC(=O)Nc1cccc(C(C)C)c1)C2. The second-order valence-electron chi connectivity index (χ2n) is 6.86. The molecule has 0 radical (unpaired) electrons. The van der Waals surface area contributed by atoms with Crippen LogP contribution in [-0.4, -0.2) is 49.2 Å². The Balaban J connectivity index is 1.71. The number of aromatic nitrogens is 3. The van der Waals surface area contributed by atoms with Gasteiger partial charge in [-0.15, -0.1) is 10.2 Å². The maximum atomic E-state index is 12.5. The summed E-state index contributed by atoms with van der Waals surface area (Å²) in [5.74, 6) is 0.510. The fourth-order valence-corrected chi connectivity index (χ4v) is 3.12. The topological polar surface area (TPSA) is 100 Å². The van der Waals surface area contributed by atoms with E-state index in [0.29, 0.717) is 23.3 Å². The van der Waals surface area contributed by atoms with Gasteiger partial charge in [0.1, 0.15) is 17.7 Å². The number of benzene rings is 1. The maximum absolute atomic E-state index is 12.5. The molecule has 1 aromatic heterocycles. The van der Waals surface area contributed by atoms with Gasteiger partial charge in [-0.3, -0.25) is 14.5 Å². The summed E-state index contributed by atoms with van der Waals surface area (Å²) in [6.07, 6.45) is 0. The Morgan fingerprint density at radius 3 is 2.81 bits per heavy atom. The lowest BCUT2D eigenvalue weighted by Crippen LogP contribution is -2.50. The third-order valence-corrected chi connectivity index (χ3v) is 4.62. The van der Waals surface area contributed by atoms with Crippen LogP contribution in [-0.2, 0) is 22.7 Å². The van der Waals surface area contributed by atoms with E-state index in [2.05, 4.69) is 29.4 Å². The van der Waals surface area contributed by atoms with Crippen LogP contribution in [0, 0.1) is 6.92 Å². The molecule has 2 heterocycles. The molecule has 1 unspecified atom stereocenters. The van der Waals surface area contributed by atoms with E-state index in [4.69, 9.17) is 0 Å².